The van der Waals surface area contributed by atoms with Gasteiger partial charge in [-0.05, 0) is 25.1 Å². The minimum atomic E-state index is -5.09. The average molecular weight is 374 g/mol. The molecular weight excluding hydrogens is 361 g/mol. The lowest BCUT2D eigenvalue weighted by molar-refractivity contribution is -0.384. The van der Waals surface area contributed by atoms with E-state index in [0.29, 0.717) is 0 Å². The standard InChI is InChI=1S/C15H13F3N2O6/c1-8-12(11(6-7-25-8)19-14(22)15(16,17)18)26-13(21)9-2-4-10(5-3-9)20(23)24/h2-8,11-12H,1H3,(H,19,22). The summed E-state index contributed by atoms with van der Waals surface area (Å²) < 4.78 is 47.5. The van der Waals surface area contributed by atoms with Gasteiger partial charge in [0.2, 0.25) is 0 Å². The molecule has 3 unspecified atom stereocenters. The zero-order valence-corrected chi connectivity index (χ0v) is 13.2. The Morgan fingerprint density at radius 3 is 2.42 bits per heavy atom. The SMILES string of the molecule is CC1OC=CC(NC(=O)C(F)(F)F)C1OC(=O)c1ccc([N+](=O)[O-])cc1. The Kier molecular flexibility index (Phi) is 5.48. The summed E-state index contributed by atoms with van der Waals surface area (Å²) in [6.07, 6.45) is -4.93. The number of carbonyl (C=O) groups is 2. The Bertz CT molecular complexity index is 732. The van der Waals surface area contributed by atoms with Gasteiger partial charge in [0.1, 0.15) is 6.10 Å². The molecule has 1 aliphatic heterocycles. The second-order valence-corrected chi connectivity index (χ2v) is 5.34. The van der Waals surface area contributed by atoms with E-state index in [1.807, 2.05) is 0 Å². The van der Waals surface area contributed by atoms with E-state index in [1.165, 1.54) is 6.92 Å². The van der Waals surface area contributed by atoms with Crippen molar-refractivity contribution in [1.29, 1.82) is 0 Å². The predicted octanol–water partition coefficient (Wildman–Crippen LogP) is 2.10. The van der Waals surface area contributed by atoms with Crippen molar-refractivity contribution < 1.29 is 37.2 Å². The van der Waals surface area contributed by atoms with Gasteiger partial charge in [-0.1, -0.05) is 0 Å². The van der Waals surface area contributed by atoms with Crippen molar-refractivity contribution in [2.75, 3.05) is 0 Å². The number of ether oxygens (including phenoxy) is 2. The topological polar surface area (TPSA) is 108 Å². The summed E-state index contributed by atoms with van der Waals surface area (Å²) in [7, 11) is 0. The van der Waals surface area contributed by atoms with Crippen molar-refractivity contribution in [3.8, 4) is 0 Å². The Labute approximate surface area is 144 Å². The van der Waals surface area contributed by atoms with E-state index in [0.717, 1.165) is 36.6 Å². The predicted molar refractivity (Wildman–Crippen MR) is 80.0 cm³/mol. The first kappa shape index (κ1) is 19.2. The molecule has 26 heavy (non-hydrogen) atoms. The van der Waals surface area contributed by atoms with Gasteiger partial charge in [-0.3, -0.25) is 14.9 Å². The van der Waals surface area contributed by atoms with Crippen LogP contribution < -0.4 is 5.32 Å². The van der Waals surface area contributed by atoms with Crippen LogP contribution in [-0.2, 0) is 14.3 Å². The third-order valence-electron chi connectivity index (χ3n) is 3.51. The minimum Gasteiger partial charge on any atom is -0.495 e. The Balaban J connectivity index is 2.13. The van der Waals surface area contributed by atoms with Gasteiger partial charge in [0.05, 0.1) is 22.8 Å². The third-order valence-corrected chi connectivity index (χ3v) is 3.51. The first-order valence-corrected chi connectivity index (χ1v) is 7.25. The van der Waals surface area contributed by atoms with Gasteiger partial charge in [-0.2, -0.15) is 13.2 Å². The first-order chi connectivity index (χ1) is 12.1. The molecule has 0 saturated heterocycles. The van der Waals surface area contributed by atoms with Crippen LogP contribution in [0.4, 0.5) is 18.9 Å². The monoisotopic (exact) mass is 374 g/mol. The Morgan fingerprint density at radius 2 is 1.88 bits per heavy atom. The Hall–Kier alpha value is -3.11. The molecule has 0 fully saturated rings. The highest BCUT2D eigenvalue weighted by Crippen LogP contribution is 2.21. The molecule has 1 N–H and O–H groups in total. The van der Waals surface area contributed by atoms with Gasteiger partial charge in [0.25, 0.3) is 5.69 Å². The van der Waals surface area contributed by atoms with Crippen LogP contribution in [0, 0.1) is 10.1 Å². The number of esters is 1. The number of halogens is 3. The molecule has 2 rings (SSSR count). The highest BCUT2D eigenvalue weighted by Gasteiger charge is 2.43. The fraction of sp³-hybridized carbons (Fsp3) is 0.333. The van der Waals surface area contributed by atoms with Crippen LogP contribution in [0.15, 0.2) is 36.6 Å². The van der Waals surface area contributed by atoms with Gasteiger partial charge < -0.3 is 14.8 Å². The number of benzene rings is 1. The van der Waals surface area contributed by atoms with Crippen LogP contribution in [0.25, 0.3) is 0 Å². The van der Waals surface area contributed by atoms with Crippen molar-refractivity contribution in [2.45, 2.75) is 31.3 Å². The van der Waals surface area contributed by atoms with Crippen LogP contribution in [0.2, 0.25) is 0 Å². The normalized spacial score (nSPS) is 22.2. The minimum absolute atomic E-state index is 0.0433. The van der Waals surface area contributed by atoms with Crippen LogP contribution in [-0.4, -0.2) is 41.2 Å². The quantitative estimate of drug-likeness (QED) is 0.491. The first-order valence-electron chi connectivity index (χ1n) is 7.25. The van der Waals surface area contributed by atoms with E-state index in [4.69, 9.17) is 9.47 Å². The fourth-order valence-electron chi connectivity index (χ4n) is 2.18. The number of hydrogen-bond acceptors (Lipinski definition) is 6. The summed E-state index contributed by atoms with van der Waals surface area (Å²) in [5.41, 5.74) is -0.285. The van der Waals surface area contributed by atoms with Crippen molar-refractivity contribution in [3.05, 3.63) is 52.3 Å². The molecule has 0 spiro atoms. The third kappa shape index (κ3) is 4.49. The molecule has 140 valence electrons. The number of nitrogens with one attached hydrogen (secondary N) is 1. The average Bonchev–Trinajstić information content (AvgIpc) is 2.57. The van der Waals surface area contributed by atoms with Crippen LogP contribution in [0.1, 0.15) is 17.3 Å². The maximum atomic E-state index is 12.4. The summed E-state index contributed by atoms with van der Waals surface area (Å²) in [5.74, 6) is -3.11. The molecule has 8 nitrogen and oxygen atoms in total. The molecule has 0 aliphatic carbocycles. The van der Waals surface area contributed by atoms with Crippen molar-refractivity contribution >= 4 is 17.6 Å². The number of hydrogen-bond donors (Lipinski definition) is 1. The summed E-state index contributed by atoms with van der Waals surface area (Å²) in [4.78, 5) is 33.2. The van der Waals surface area contributed by atoms with Crippen LogP contribution in [0.3, 0.4) is 0 Å². The lowest BCUT2D eigenvalue weighted by Gasteiger charge is -2.33. The number of amides is 1. The lowest BCUT2D eigenvalue weighted by Crippen LogP contribution is -2.53. The number of alkyl halides is 3. The molecule has 0 radical (unpaired) electrons. The molecule has 0 bridgehead atoms. The van der Waals surface area contributed by atoms with Crippen molar-refractivity contribution in [1.82, 2.24) is 5.32 Å². The number of non-ortho nitro benzene ring substituents is 1. The van der Waals surface area contributed by atoms with E-state index in [-0.39, 0.29) is 11.3 Å². The number of nitrogens with zero attached hydrogens (tertiary/aromatic N) is 1. The van der Waals surface area contributed by atoms with Gasteiger partial charge in [-0.15, -0.1) is 0 Å². The number of rotatable bonds is 4. The molecule has 1 amide bonds. The van der Waals surface area contributed by atoms with E-state index in [2.05, 4.69) is 0 Å². The molecule has 3 atom stereocenters. The molecule has 0 saturated carbocycles. The van der Waals surface area contributed by atoms with E-state index < -0.39 is 41.2 Å². The second-order valence-electron chi connectivity index (χ2n) is 5.34. The van der Waals surface area contributed by atoms with Gasteiger partial charge in [0, 0.05) is 12.1 Å². The van der Waals surface area contributed by atoms with E-state index >= 15 is 0 Å². The molecule has 0 aromatic heterocycles. The molecule has 1 aromatic rings. The van der Waals surface area contributed by atoms with Crippen LogP contribution in [0.5, 0.6) is 0 Å². The second kappa shape index (κ2) is 7.42. The smallest absolute Gasteiger partial charge is 0.471 e. The molecule has 1 aliphatic rings. The highest BCUT2D eigenvalue weighted by atomic mass is 19.4. The largest absolute Gasteiger partial charge is 0.495 e. The van der Waals surface area contributed by atoms with E-state index in [1.54, 1.807) is 5.32 Å². The molecular formula is C15H13F3N2O6. The fourth-order valence-corrected chi connectivity index (χ4v) is 2.18. The summed E-state index contributed by atoms with van der Waals surface area (Å²) >= 11 is 0. The molecule has 1 heterocycles. The zero-order valence-electron chi connectivity index (χ0n) is 13.2. The Morgan fingerprint density at radius 1 is 1.27 bits per heavy atom. The molecule has 1 aromatic carbocycles. The summed E-state index contributed by atoms with van der Waals surface area (Å²) in [5, 5.41) is 12.3. The van der Waals surface area contributed by atoms with Crippen molar-refractivity contribution in [2.24, 2.45) is 0 Å². The lowest BCUT2D eigenvalue weighted by atomic mass is 10.0. The van der Waals surface area contributed by atoms with E-state index in [9.17, 15) is 32.9 Å². The highest BCUT2D eigenvalue weighted by molar-refractivity contribution is 5.90. The number of nitro groups is 1. The van der Waals surface area contributed by atoms with Gasteiger partial charge in [-0.25, -0.2) is 4.79 Å². The number of nitro benzene ring substituents is 1. The number of carbonyl (C=O) groups excluding carboxylic acids is 2. The maximum Gasteiger partial charge on any atom is 0.471 e. The molecule has 11 heteroatoms. The van der Waals surface area contributed by atoms with Crippen molar-refractivity contribution in [3.63, 3.8) is 0 Å². The maximum absolute atomic E-state index is 12.4. The summed E-state index contributed by atoms with van der Waals surface area (Å²) in [6.45, 7) is 1.45. The zero-order chi connectivity index (χ0) is 19.5. The van der Waals surface area contributed by atoms with Gasteiger partial charge in [0.15, 0.2) is 6.10 Å². The summed E-state index contributed by atoms with van der Waals surface area (Å²) in [6, 6.07) is 3.21. The van der Waals surface area contributed by atoms with Crippen LogP contribution >= 0.6 is 0 Å². The van der Waals surface area contributed by atoms with Gasteiger partial charge >= 0.3 is 18.1 Å².